The molecular weight excluding hydrogens is 284 g/mol. The number of benzene rings is 1. The van der Waals surface area contributed by atoms with Crippen molar-refractivity contribution in [3.63, 3.8) is 0 Å². The summed E-state index contributed by atoms with van der Waals surface area (Å²) >= 11 is 7.95. The SMILES string of the molecule is CCSCCCOc1ccc(/C=C/C(=O)O)cc1Cl. The van der Waals surface area contributed by atoms with Crippen molar-refractivity contribution in [3.8, 4) is 5.75 Å². The molecule has 0 aromatic heterocycles. The molecule has 0 aliphatic heterocycles. The lowest BCUT2D eigenvalue weighted by Gasteiger charge is -2.08. The molecule has 0 atom stereocenters. The molecule has 1 rings (SSSR count). The first-order valence-corrected chi connectivity index (χ1v) is 7.58. The van der Waals surface area contributed by atoms with Crippen molar-refractivity contribution in [1.82, 2.24) is 0 Å². The minimum absolute atomic E-state index is 0.496. The van der Waals surface area contributed by atoms with Crippen LogP contribution in [0.3, 0.4) is 0 Å². The second-order valence-electron chi connectivity index (χ2n) is 3.76. The van der Waals surface area contributed by atoms with Crippen molar-refractivity contribution >= 4 is 35.4 Å². The number of rotatable bonds is 8. The smallest absolute Gasteiger partial charge is 0.328 e. The molecule has 0 unspecified atom stereocenters. The largest absolute Gasteiger partial charge is 0.492 e. The third-order valence-corrected chi connectivity index (χ3v) is 3.55. The van der Waals surface area contributed by atoms with E-state index < -0.39 is 5.97 Å². The summed E-state index contributed by atoms with van der Waals surface area (Å²) in [5.41, 5.74) is 0.737. The van der Waals surface area contributed by atoms with E-state index in [1.165, 1.54) is 6.08 Å². The summed E-state index contributed by atoms with van der Waals surface area (Å²) in [5.74, 6) is 1.85. The highest BCUT2D eigenvalue weighted by Gasteiger charge is 2.02. The van der Waals surface area contributed by atoms with Crippen molar-refractivity contribution in [2.45, 2.75) is 13.3 Å². The van der Waals surface area contributed by atoms with E-state index in [2.05, 4.69) is 6.92 Å². The zero-order valence-electron chi connectivity index (χ0n) is 10.8. The van der Waals surface area contributed by atoms with Gasteiger partial charge in [-0.2, -0.15) is 11.8 Å². The van der Waals surface area contributed by atoms with Crippen LogP contribution in [0.4, 0.5) is 0 Å². The van der Waals surface area contributed by atoms with Gasteiger partial charge in [0, 0.05) is 6.08 Å². The third-order valence-electron chi connectivity index (χ3n) is 2.27. The highest BCUT2D eigenvalue weighted by atomic mass is 35.5. The van der Waals surface area contributed by atoms with E-state index in [1.54, 1.807) is 18.2 Å². The van der Waals surface area contributed by atoms with E-state index >= 15 is 0 Å². The first-order chi connectivity index (χ1) is 9.13. The second-order valence-corrected chi connectivity index (χ2v) is 5.56. The summed E-state index contributed by atoms with van der Waals surface area (Å²) in [6.07, 6.45) is 3.56. The third kappa shape index (κ3) is 6.55. The molecule has 19 heavy (non-hydrogen) atoms. The van der Waals surface area contributed by atoms with E-state index in [0.29, 0.717) is 17.4 Å². The summed E-state index contributed by atoms with van der Waals surface area (Å²) in [5, 5.41) is 9.04. The Hall–Kier alpha value is -1.13. The first-order valence-electron chi connectivity index (χ1n) is 6.04. The number of carbonyl (C=O) groups is 1. The van der Waals surface area contributed by atoms with Crippen LogP contribution in [0.25, 0.3) is 6.08 Å². The van der Waals surface area contributed by atoms with Crippen LogP contribution in [0.15, 0.2) is 24.3 Å². The van der Waals surface area contributed by atoms with Crippen molar-refractivity contribution in [2.75, 3.05) is 18.1 Å². The Labute approximate surface area is 122 Å². The number of carboxylic acid groups (broad SMARTS) is 1. The minimum Gasteiger partial charge on any atom is -0.492 e. The molecule has 0 fully saturated rings. The molecule has 1 N–H and O–H groups in total. The Kier molecular flexibility index (Phi) is 7.45. The van der Waals surface area contributed by atoms with Gasteiger partial charge in [0.05, 0.1) is 11.6 Å². The Morgan fingerprint density at radius 3 is 2.95 bits per heavy atom. The van der Waals surface area contributed by atoms with Crippen molar-refractivity contribution in [3.05, 3.63) is 34.9 Å². The van der Waals surface area contributed by atoms with E-state index in [0.717, 1.165) is 29.6 Å². The molecule has 3 nitrogen and oxygen atoms in total. The standard InChI is InChI=1S/C14H17ClO3S/c1-2-19-9-3-8-18-13-6-4-11(10-12(13)15)5-7-14(16)17/h4-7,10H,2-3,8-9H2,1H3,(H,16,17)/b7-5+. The average Bonchev–Trinajstić information content (AvgIpc) is 2.38. The van der Waals surface area contributed by atoms with Crippen molar-refractivity contribution < 1.29 is 14.6 Å². The Morgan fingerprint density at radius 2 is 2.32 bits per heavy atom. The van der Waals surface area contributed by atoms with Crippen LogP contribution in [-0.4, -0.2) is 29.2 Å². The molecular formula is C14H17ClO3S. The second kappa shape index (κ2) is 8.88. The summed E-state index contributed by atoms with van der Waals surface area (Å²) in [6.45, 7) is 2.77. The van der Waals surface area contributed by atoms with Crippen LogP contribution in [0.1, 0.15) is 18.9 Å². The average molecular weight is 301 g/mol. The van der Waals surface area contributed by atoms with Gasteiger partial charge in [0.25, 0.3) is 0 Å². The van der Waals surface area contributed by atoms with Gasteiger partial charge in [-0.3, -0.25) is 0 Å². The summed E-state index contributed by atoms with van der Waals surface area (Å²) in [7, 11) is 0. The van der Waals surface area contributed by atoms with Gasteiger partial charge in [-0.05, 0) is 41.7 Å². The van der Waals surface area contributed by atoms with Gasteiger partial charge in [0.15, 0.2) is 0 Å². The molecule has 104 valence electrons. The van der Waals surface area contributed by atoms with E-state index in [9.17, 15) is 4.79 Å². The predicted octanol–water partition coefficient (Wildman–Crippen LogP) is 3.96. The number of thioether (sulfide) groups is 1. The molecule has 0 bridgehead atoms. The molecule has 0 spiro atoms. The van der Waals surface area contributed by atoms with Crippen LogP contribution in [0.5, 0.6) is 5.75 Å². The van der Waals surface area contributed by atoms with Crippen LogP contribution in [-0.2, 0) is 4.79 Å². The molecule has 0 saturated carbocycles. The molecule has 1 aromatic rings. The van der Waals surface area contributed by atoms with Gasteiger partial charge in [0.1, 0.15) is 5.75 Å². The highest BCUT2D eigenvalue weighted by molar-refractivity contribution is 7.99. The van der Waals surface area contributed by atoms with E-state index in [-0.39, 0.29) is 0 Å². The van der Waals surface area contributed by atoms with Crippen LogP contribution in [0.2, 0.25) is 5.02 Å². The molecule has 0 amide bonds. The van der Waals surface area contributed by atoms with Gasteiger partial charge in [-0.1, -0.05) is 24.6 Å². The fourth-order valence-electron chi connectivity index (χ4n) is 1.39. The fourth-order valence-corrected chi connectivity index (χ4v) is 2.25. The molecule has 0 radical (unpaired) electrons. The molecule has 0 saturated heterocycles. The summed E-state index contributed by atoms with van der Waals surface area (Å²) in [4.78, 5) is 10.4. The van der Waals surface area contributed by atoms with Gasteiger partial charge in [-0.25, -0.2) is 4.79 Å². The molecule has 0 heterocycles. The highest BCUT2D eigenvalue weighted by Crippen LogP contribution is 2.26. The van der Waals surface area contributed by atoms with Gasteiger partial charge in [-0.15, -0.1) is 0 Å². The normalized spacial score (nSPS) is 10.8. The minimum atomic E-state index is -0.982. The van der Waals surface area contributed by atoms with E-state index in [4.69, 9.17) is 21.4 Å². The van der Waals surface area contributed by atoms with Crippen LogP contribution >= 0.6 is 23.4 Å². The number of aliphatic carboxylic acids is 1. The predicted molar refractivity (Wildman–Crippen MR) is 81.2 cm³/mol. The Morgan fingerprint density at radius 1 is 1.53 bits per heavy atom. The van der Waals surface area contributed by atoms with Gasteiger partial charge >= 0.3 is 5.97 Å². The van der Waals surface area contributed by atoms with Gasteiger partial charge in [0.2, 0.25) is 0 Å². The topological polar surface area (TPSA) is 46.5 Å². The maximum atomic E-state index is 10.4. The lowest BCUT2D eigenvalue weighted by atomic mass is 10.2. The zero-order chi connectivity index (χ0) is 14.1. The first kappa shape index (κ1) is 15.9. The van der Waals surface area contributed by atoms with Crippen LogP contribution in [0, 0.1) is 0 Å². The lowest BCUT2D eigenvalue weighted by molar-refractivity contribution is -0.131. The maximum absolute atomic E-state index is 10.4. The quantitative estimate of drug-likeness (QED) is 0.583. The molecule has 5 heteroatoms. The van der Waals surface area contributed by atoms with Crippen molar-refractivity contribution in [1.29, 1.82) is 0 Å². The number of hydrogen-bond donors (Lipinski definition) is 1. The summed E-state index contributed by atoms with van der Waals surface area (Å²) < 4.78 is 5.58. The van der Waals surface area contributed by atoms with Crippen molar-refractivity contribution in [2.24, 2.45) is 0 Å². The number of hydrogen-bond acceptors (Lipinski definition) is 3. The van der Waals surface area contributed by atoms with Crippen LogP contribution < -0.4 is 4.74 Å². The van der Waals surface area contributed by atoms with Gasteiger partial charge < -0.3 is 9.84 Å². The summed E-state index contributed by atoms with van der Waals surface area (Å²) in [6, 6.07) is 5.23. The number of carboxylic acids is 1. The number of halogens is 1. The monoisotopic (exact) mass is 300 g/mol. The molecule has 0 aliphatic rings. The maximum Gasteiger partial charge on any atom is 0.328 e. The van der Waals surface area contributed by atoms with E-state index in [1.807, 2.05) is 11.8 Å². The molecule has 1 aromatic carbocycles. The Balaban J connectivity index is 2.50. The lowest BCUT2D eigenvalue weighted by Crippen LogP contribution is -1.99. The fraction of sp³-hybridized carbons (Fsp3) is 0.357. The molecule has 0 aliphatic carbocycles. The zero-order valence-corrected chi connectivity index (χ0v) is 12.3. The number of ether oxygens (including phenoxy) is 1. The Bertz CT molecular complexity index is 446.